The smallest absolute Gasteiger partial charge is 0.234 e. The fourth-order valence-electron chi connectivity index (χ4n) is 4.14. The molecule has 1 aliphatic carbocycles. The molecule has 0 bridgehead atoms. The quantitative estimate of drug-likeness (QED) is 0.729. The highest BCUT2D eigenvalue weighted by atomic mass is 16.2. The summed E-state index contributed by atoms with van der Waals surface area (Å²) in [5.41, 5.74) is 0. The van der Waals surface area contributed by atoms with Crippen LogP contribution in [0, 0.1) is 11.8 Å². The van der Waals surface area contributed by atoms with E-state index in [1.165, 1.54) is 25.7 Å². The topological polar surface area (TPSA) is 64.7 Å². The van der Waals surface area contributed by atoms with Crippen LogP contribution in [0.15, 0.2) is 0 Å². The van der Waals surface area contributed by atoms with Gasteiger partial charge in [-0.1, -0.05) is 25.7 Å². The van der Waals surface area contributed by atoms with Crippen LogP contribution in [0.25, 0.3) is 0 Å². The van der Waals surface area contributed by atoms with Crippen LogP contribution in [0.2, 0.25) is 0 Å². The molecule has 2 N–H and O–H groups in total. The summed E-state index contributed by atoms with van der Waals surface area (Å²) in [4.78, 5) is 27.8. The maximum absolute atomic E-state index is 11.6. The van der Waals surface area contributed by atoms with Crippen LogP contribution in [-0.2, 0) is 9.59 Å². The molecular formula is C16H28N4O2. The van der Waals surface area contributed by atoms with Crippen LogP contribution < -0.4 is 10.6 Å². The Labute approximate surface area is 132 Å². The molecule has 2 amide bonds. The molecule has 1 saturated carbocycles. The third-order valence-electron chi connectivity index (χ3n) is 5.29. The van der Waals surface area contributed by atoms with E-state index in [1.807, 2.05) is 0 Å². The van der Waals surface area contributed by atoms with E-state index in [1.54, 1.807) is 0 Å². The minimum absolute atomic E-state index is 0.147. The lowest BCUT2D eigenvalue weighted by molar-refractivity contribution is -0.124. The number of rotatable bonds is 5. The van der Waals surface area contributed by atoms with Crippen molar-refractivity contribution in [1.29, 1.82) is 0 Å². The first-order valence-electron chi connectivity index (χ1n) is 8.69. The van der Waals surface area contributed by atoms with Crippen molar-refractivity contribution < 1.29 is 9.59 Å². The lowest BCUT2D eigenvalue weighted by Crippen LogP contribution is -2.53. The number of carbonyl (C=O) groups is 2. The number of piperazine rings is 2. The molecule has 0 aromatic rings. The molecule has 3 fully saturated rings. The third-order valence-corrected chi connectivity index (χ3v) is 5.29. The van der Waals surface area contributed by atoms with Gasteiger partial charge in [-0.3, -0.25) is 19.4 Å². The van der Waals surface area contributed by atoms with Crippen LogP contribution in [0.1, 0.15) is 25.7 Å². The normalized spacial score (nSPS) is 25.5. The SMILES string of the molecule is O=C1CN(CC(CN2CCNC(=O)C2)C2CCCC2)CCN1. The summed E-state index contributed by atoms with van der Waals surface area (Å²) in [5.74, 6) is 1.64. The van der Waals surface area contributed by atoms with E-state index in [9.17, 15) is 9.59 Å². The lowest BCUT2D eigenvalue weighted by atomic mass is 9.89. The second-order valence-electron chi connectivity index (χ2n) is 6.97. The van der Waals surface area contributed by atoms with Gasteiger partial charge in [0.2, 0.25) is 11.8 Å². The highest BCUT2D eigenvalue weighted by molar-refractivity contribution is 5.79. The molecule has 2 saturated heterocycles. The average Bonchev–Trinajstić information content (AvgIpc) is 3.01. The van der Waals surface area contributed by atoms with Crippen LogP contribution in [0.5, 0.6) is 0 Å². The van der Waals surface area contributed by atoms with Gasteiger partial charge in [-0.15, -0.1) is 0 Å². The number of nitrogens with one attached hydrogen (secondary N) is 2. The first kappa shape index (κ1) is 15.7. The molecule has 3 aliphatic rings. The Morgan fingerprint density at radius 2 is 1.41 bits per heavy atom. The summed E-state index contributed by atoms with van der Waals surface area (Å²) in [6.07, 6.45) is 5.29. The molecular weight excluding hydrogens is 280 g/mol. The second kappa shape index (κ2) is 7.42. The average molecular weight is 308 g/mol. The van der Waals surface area contributed by atoms with Crippen LogP contribution >= 0.6 is 0 Å². The largest absolute Gasteiger partial charge is 0.354 e. The summed E-state index contributed by atoms with van der Waals surface area (Å²) in [6.45, 7) is 6.50. The Bertz CT molecular complexity index is 379. The molecule has 0 unspecified atom stereocenters. The molecule has 0 aromatic carbocycles. The molecule has 0 aromatic heterocycles. The van der Waals surface area contributed by atoms with Gasteiger partial charge in [0.05, 0.1) is 13.1 Å². The zero-order valence-electron chi connectivity index (χ0n) is 13.4. The zero-order valence-corrected chi connectivity index (χ0v) is 13.4. The molecule has 6 heteroatoms. The molecule has 0 radical (unpaired) electrons. The minimum Gasteiger partial charge on any atom is -0.354 e. The van der Waals surface area contributed by atoms with Gasteiger partial charge in [-0.25, -0.2) is 0 Å². The lowest BCUT2D eigenvalue weighted by Gasteiger charge is -2.36. The molecule has 2 aliphatic heterocycles. The maximum Gasteiger partial charge on any atom is 0.234 e. The Kier molecular flexibility index (Phi) is 5.31. The number of nitrogens with zero attached hydrogens (tertiary/aromatic N) is 2. The Morgan fingerprint density at radius 3 is 1.86 bits per heavy atom. The summed E-state index contributed by atoms with van der Waals surface area (Å²) in [7, 11) is 0. The van der Waals surface area contributed by atoms with Crippen molar-refractivity contribution in [1.82, 2.24) is 20.4 Å². The molecule has 124 valence electrons. The predicted molar refractivity (Wildman–Crippen MR) is 84.3 cm³/mol. The van der Waals surface area contributed by atoms with E-state index in [4.69, 9.17) is 0 Å². The third kappa shape index (κ3) is 4.20. The van der Waals surface area contributed by atoms with Gasteiger partial charge >= 0.3 is 0 Å². The molecule has 6 nitrogen and oxygen atoms in total. The molecule has 0 spiro atoms. The van der Waals surface area contributed by atoms with E-state index in [0.717, 1.165) is 45.2 Å². The summed E-state index contributed by atoms with van der Waals surface area (Å²) in [5, 5.41) is 5.80. The van der Waals surface area contributed by atoms with E-state index in [-0.39, 0.29) is 11.8 Å². The fourth-order valence-corrected chi connectivity index (χ4v) is 4.14. The van der Waals surface area contributed by atoms with Crippen molar-refractivity contribution in [2.75, 3.05) is 52.4 Å². The molecule has 0 atom stereocenters. The Morgan fingerprint density at radius 1 is 0.909 bits per heavy atom. The van der Waals surface area contributed by atoms with Crippen molar-refractivity contribution in [3.05, 3.63) is 0 Å². The Hall–Kier alpha value is -1.14. The number of carbonyl (C=O) groups excluding carboxylic acids is 2. The molecule has 2 heterocycles. The van der Waals surface area contributed by atoms with Crippen LogP contribution in [0.3, 0.4) is 0 Å². The van der Waals surface area contributed by atoms with E-state index in [2.05, 4.69) is 20.4 Å². The van der Waals surface area contributed by atoms with Crippen molar-refractivity contribution >= 4 is 11.8 Å². The van der Waals surface area contributed by atoms with Gasteiger partial charge in [-0.2, -0.15) is 0 Å². The van der Waals surface area contributed by atoms with E-state index < -0.39 is 0 Å². The predicted octanol–water partition coefficient (Wildman–Crippen LogP) is -0.344. The van der Waals surface area contributed by atoms with Crippen molar-refractivity contribution in [2.45, 2.75) is 25.7 Å². The monoisotopic (exact) mass is 308 g/mol. The summed E-state index contributed by atoms with van der Waals surface area (Å²) < 4.78 is 0. The van der Waals surface area contributed by atoms with Crippen molar-refractivity contribution in [2.24, 2.45) is 11.8 Å². The minimum atomic E-state index is 0.147. The standard InChI is InChI=1S/C16H28N4O2/c21-15-11-19(7-5-17-15)9-14(13-3-1-2-4-13)10-20-8-6-18-16(22)12-20/h13-14H,1-12H2,(H,17,21)(H,18,22). The number of hydrogen-bond donors (Lipinski definition) is 2. The highest BCUT2D eigenvalue weighted by Gasteiger charge is 2.30. The molecule has 22 heavy (non-hydrogen) atoms. The van der Waals surface area contributed by atoms with E-state index in [0.29, 0.717) is 19.0 Å². The van der Waals surface area contributed by atoms with Crippen molar-refractivity contribution in [3.63, 3.8) is 0 Å². The Balaban J connectivity index is 1.58. The summed E-state index contributed by atoms with van der Waals surface area (Å²) >= 11 is 0. The van der Waals surface area contributed by atoms with Crippen LogP contribution in [-0.4, -0.2) is 74.0 Å². The highest BCUT2D eigenvalue weighted by Crippen LogP contribution is 2.32. The van der Waals surface area contributed by atoms with Gasteiger partial charge in [0, 0.05) is 39.3 Å². The van der Waals surface area contributed by atoms with Gasteiger partial charge in [0.25, 0.3) is 0 Å². The number of amides is 2. The van der Waals surface area contributed by atoms with Crippen molar-refractivity contribution in [3.8, 4) is 0 Å². The first-order valence-corrected chi connectivity index (χ1v) is 8.69. The fraction of sp³-hybridized carbons (Fsp3) is 0.875. The zero-order chi connectivity index (χ0) is 15.4. The van der Waals surface area contributed by atoms with Crippen LogP contribution in [0.4, 0.5) is 0 Å². The van der Waals surface area contributed by atoms with Gasteiger partial charge in [0.1, 0.15) is 0 Å². The molecule has 3 rings (SSSR count). The van der Waals surface area contributed by atoms with Gasteiger partial charge in [0.15, 0.2) is 0 Å². The first-order chi connectivity index (χ1) is 10.7. The van der Waals surface area contributed by atoms with E-state index >= 15 is 0 Å². The summed E-state index contributed by atoms with van der Waals surface area (Å²) in [6, 6.07) is 0. The maximum atomic E-state index is 11.6. The van der Waals surface area contributed by atoms with Gasteiger partial charge in [-0.05, 0) is 11.8 Å². The number of hydrogen-bond acceptors (Lipinski definition) is 4. The van der Waals surface area contributed by atoms with Gasteiger partial charge < -0.3 is 10.6 Å². The second-order valence-corrected chi connectivity index (χ2v) is 6.97.